The van der Waals surface area contributed by atoms with Crippen molar-refractivity contribution >= 4 is 34.1 Å². The van der Waals surface area contributed by atoms with Crippen LogP contribution in [0.5, 0.6) is 0 Å². The van der Waals surface area contributed by atoms with Gasteiger partial charge < -0.3 is 15.7 Å². The number of rotatable bonds is 2. The minimum atomic E-state index is -1.63. The van der Waals surface area contributed by atoms with Crippen molar-refractivity contribution in [1.82, 2.24) is 19.9 Å². The topological polar surface area (TPSA) is 105 Å². The highest BCUT2D eigenvalue weighted by atomic mass is 32.1. The number of carbonyl (C=O) groups is 1. The monoisotopic (exact) mass is 441 g/mol. The number of likely N-dealkylation sites (tertiary alicyclic amines) is 1. The molecule has 1 amide bonds. The Hall–Kier alpha value is -3.80. The zero-order valence-electron chi connectivity index (χ0n) is 17.2. The lowest BCUT2D eigenvalue weighted by atomic mass is 10.0. The van der Waals surface area contributed by atoms with E-state index in [4.69, 9.17) is 10.7 Å². The number of anilines is 1. The van der Waals surface area contributed by atoms with E-state index in [1.54, 1.807) is 18.4 Å². The lowest BCUT2D eigenvalue weighted by molar-refractivity contribution is -0.137. The lowest BCUT2D eigenvalue weighted by Gasteiger charge is -2.13. The molecule has 4 heterocycles. The summed E-state index contributed by atoms with van der Waals surface area (Å²) >= 11 is 1.61. The molecule has 0 bridgehead atoms. The molecule has 0 radical (unpaired) electrons. The van der Waals surface area contributed by atoms with E-state index in [9.17, 15) is 9.90 Å². The van der Waals surface area contributed by atoms with Crippen molar-refractivity contribution in [1.29, 1.82) is 0 Å². The first kappa shape index (κ1) is 20.1. The highest BCUT2D eigenvalue weighted by molar-refractivity contribution is 7.13. The number of amides is 1. The minimum absolute atomic E-state index is 0.296. The maximum Gasteiger partial charge on any atom is 0.267 e. The Morgan fingerprint density at radius 1 is 1.19 bits per heavy atom. The molecule has 1 saturated heterocycles. The zero-order valence-corrected chi connectivity index (χ0v) is 18.1. The molecule has 1 atom stereocenters. The van der Waals surface area contributed by atoms with Gasteiger partial charge in [0.15, 0.2) is 5.82 Å². The van der Waals surface area contributed by atoms with E-state index in [0.29, 0.717) is 41.1 Å². The lowest BCUT2D eigenvalue weighted by Crippen LogP contribution is -2.37. The number of nitrogen functional groups attached to an aromatic ring is 1. The van der Waals surface area contributed by atoms with Crippen molar-refractivity contribution in [2.75, 3.05) is 19.3 Å². The molecule has 4 aromatic rings. The van der Waals surface area contributed by atoms with Gasteiger partial charge in [0.25, 0.3) is 5.91 Å². The predicted octanol–water partition coefficient (Wildman–Crippen LogP) is 2.95. The van der Waals surface area contributed by atoms with Crippen LogP contribution in [-0.2, 0) is 4.79 Å². The van der Waals surface area contributed by atoms with Gasteiger partial charge in [0.2, 0.25) is 5.60 Å². The smallest absolute Gasteiger partial charge is 0.267 e. The van der Waals surface area contributed by atoms with Crippen molar-refractivity contribution in [2.24, 2.45) is 0 Å². The molecule has 0 spiro atoms. The van der Waals surface area contributed by atoms with Gasteiger partial charge in [-0.3, -0.25) is 4.79 Å². The number of benzene rings is 1. The van der Waals surface area contributed by atoms with E-state index < -0.39 is 5.60 Å². The Morgan fingerprint density at radius 3 is 2.81 bits per heavy atom. The average Bonchev–Trinajstić information content (AvgIpc) is 3.43. The van der Waals surface area contributed by atoms with Crippen LogP contribution in [0.4, 0.5) is 5.82 Å². The van der Waals surface area contributed by atoms with Crippen molar-refractivity contribution in [3.05, 3.63) is 59.7 Å². The number of thiophene rings is 1. The van der Waals surface area contributed by atoms with E-state index >= 15 is 0 Å². The second-order valence-electron chi connectivity index (χ2n) is 7.66. The molecule has 32 heavy (non-hydrogen) atoms. The van der Waals surface area contributed by atoms with Crippen LogP contribution in [0.1, 0.15) is 12.0 Å². The SMILES string of the molecule is CN1CCC(O)(C#Cc2cccc(-c3cc(-c4cccs4)c4ncnc(N)c4n3)c2)C1=O. The number of hydrogen-bond acceptors (Lipinski definition) is 7. The summed E-state index contributed by atoms with van der Waals surface area (Å²) in [5, 5.41) is 12.6. The van der Waals surface area contributed by atoms with Crippen molar-refractivity contribution < 1.29 is 9.90 Å². The van der Waals surface area contributed by atoms with Crippen LogP contribution in [-0.4, -0.2) is 50.1 Å². The van der Waals surface area contributed by atoms with Crippen LogP contribution < -0.4 is 5.73 Å². The van der Waals surface area contributed by atoms with E-state index in [-0.39, 0.29) is 5.91 Å². The number of aromatic nitrogens is 3. The Bertz CT molecular complexity index is 1410. The standard InChI is InChI=1S/C24H19N5O2S/c1-29-10-9-24(31,23(29)30)8-7-15-4-2-5-16(12-15)18-13-17(19-6-3-11-32-19)20-21(28-18)22(25)27-14-26-20/h2-6,11-14,31H,9-10H2,1H3,(H2,25,26,27). The van der Waals surface area contributed by atoms with Crippen molar-refractivity contribution in [3.8, 4) is 33.5 Å². The largest absolute Gasteiger partial charge is 0.382 e. The van der Waals surface area contributed by atoms with E-state index in [2.05, 4.69) is 21.8 Å². The van der Waals surface area contributed by atoms with Crippen LogP contribution in [0, 0.1) is 11.8 Å². The van der Waals surface area contributed by atoms with Crippen LogP contribution in [0.2, 0.25) is 0 Å². The number of likely N-dealkylation sites (N-methyl/N-ethyl adjacent to an activating group) is 1. The normalized spacial score (nSPS) is 18.1. The molecule has 3 N–H and O–H groups in total. The third-order valence-electron chi connectivity index (χ3n) is 5.49. The van der Waals surface area contributed by atoms with Gasteiger partial charge in [0.05, 0.1) is 5.69 Å². The number of aliphatic hydroxyl groups is 1. The summed E-state index contributed by atoms with van der Waals surface area (Å²) in [5.41, 5.74) is 8.87. The summed E-state index contributed by atoms with van der Waals surface area (Å²) in [6.45, 7) is 0.486. The van der Waals surface area contributed by atoms with E-state index in [0.717, 1.165) is 16.0 Å². The summed E-state index contributed by atoms with van der Waals surface area (Å²) in [5.74, 6) is 5.67. The Kier molecular flexibility index (Phi) is 4.85. The molecule has 1 aliphatic heterocycles. The molecule has 1 fully saturated rings. The first-order chi connectivity index (χ1) is 15.4. The fraction of sp³-hybridized carbons (Fsp3) is 0.167. The van der Waals surface area contributed by atoms with E-state index in [1.165, 1.54) is 11.2 Å². The zero-order chi connectivity index (χ0) is 22.3. The molecule has 8 heteroatoms. The van der Waals surface area contributed by atoms with Gasteiger partial charge in [-0.2, -0.15) is 0 Å². The molecule has 0 saturated carbocycles. The third-order valence-corrected chi connectivity index (χ3v) is 6.39. The Labute approximate surface area is 188 Å². The quantitative estimate of drug-likeness (QED) is 0.464. The molecule has 3 aromatic heterocycles. The Balaban J connectivity index is 1.60. The van der Waals surface area contributed by atoms with Crippen LogP contribution in [0.15, 0.2) is 54.2 Å². The summed E-state index contributed by atoms with van der Waals surface area (Å²) in [6.07, 6.45) is 1.74. The van der Waals surface area contributed by atoms with Crippen LogP contribution in [0.25, 0.3) is 32.7 Å². The maximum absolute atomic E-state index is 12.2. The number of carbonyl (C=O) groups excluding carboxylic acids is 1. The molecule has 5 rings (SSSR count). The maximum atomic E-state index is 12.2. The Morgan fingerprint density at radius 2 is 2.06 bits per heavy atom. The predicted molar refractivity (Wildman–Crippen MR) is 125 cm³/mol. The molecule has 0 aliphatic carbocycles. The fourth-order valence-corrected chi connectivity index (χ4v) is 4.47. The number of fused-ring (bicyclic) bond motifs is 1. The fourth-order valence-electron chi connectivity index (χ4n) is 3.73. The summed E-state index contributed by atoms with van der Waals surface area (Å²) in [4.78, 5) is 28.0. The van der Waals surface area contributed by atoms with Gasteiger partial charge in [-0.1, -0.05) is 30.0 Å². The molecule has 1 unspecified atom stereocenters. The van der Waals surface area contributed by atoms with Gasteiger partial charge in [-0.25, -0.2) is 15.0 Å². The van der Waals surface area contributed by atoms with E-state index in [1.807, 2.05) is 47.8 Å². The molecular weight excluding hydrogens is 422 g/mol. The number of hydrogen-bond donors (Lipinski definition) is 2. The third kappa shape index (κ3) is 3.47. The van der Waals surface area contributed by atoms with Crippen LogP contribution >= 0.6 is 11.3 Å². The average molecular weight is 442 g/mol. The van der Waals surface area contributed by atoms with Gasteiger partial charge in [0.1, 0.15) is 17.4 Å². The molecule has 158 valence electrons. The number of nitrogens with zero attached hydrogens (tertiary/aromatic N) is 4. The summed E-state index contributed by atoms with van der Waals surface area (Å²) < 4.78 is 0. The molecule has 1 aliphatic rings. The second kappa shape index (κ2) is 7.71. The number of nitrogens with two attached hydrogens (primary N) is 1. The molecule has 7 nitrogen and oxygen atoms in total. The van der Waals surface area contributed by atoms with Gasteiger partial charge >= 0.3 is 0 Å². The van der Waals surface area contributed by atoms with Crippen LogP contribution in [0.3, 0.4) is 0 Å². The highest BCUT2D eigenvalue weighted by Gasteiger charge is 2.42. The van der Waals surface area contributed by atoms with Gasteiger partial charge in [-0.15, -0.1) is 11.3 Å². The van der Waals surface area contributed by atoms with Crippen molar-refractivity contribution in [3.63, 3.8) is 0 Å². The molecule has 1 aromatic carbocycles. The number of pyridine rings is 1. The first-order valence-electron chi connectivity index (χ1n) is 10.0. The summed E-state index contributed by atoms with van der Waals surface area (Å²) in [6, 6.07) is 13.5. The highest BCUT2D eigenvalue weighted by Crippen LogP contribution is 2.34. The van der Waals surface area contributed by atoms with Crippen molar-refractivity contribution in [2.45, 2.75) is 12.0 Å². The minimum Gasteiger partial charge on any atom is -0.382 e. The van der Waals surface area contributed by atoms with Gasteiger partial charge in [0, 0.05) is 41.6 Å². The first-order valence-corrected chi connectivity index (χ1v) is 10.9. The van der Waals surface area contributed by atoms with Gasteiger partial charge in [-0.05, 0) is 29.6 Å². The molecular formula is C24H19N5O2S. The summed E-state index contributed by atoms with van der Waals surface area (Å²) in [7, 11) is 1.66. The second-order valence-corrected chi connectivity index (χ2v) is 8.60.